The van der Waals surface area contributed by atoms with Crippen molar-refractivity contribution in [2.45, 2.75) is 45.8 Å². The highest BCUT2D eigenvalue weighted by atomic mass is 32.1. The molecule has 676 valence electrons. The minimum atomic E-state index is -0.842. The number of carbonyl (C=O) groups is 12. The van der Waals surface area contributed by atoms with Crippen molar-refractivity contribution in [1.29, 1.82) is 0 Å². The number of anilines is 7. The fourth-order valence-corrected chi connectivity index (χ4v) is 18.4. The lowest BCUT2D eigenvalue weighted by Gasteiger charge is -2.11. The van der Waals surface area contributed by atoms with E-state index in [0.717, 1.165) is 44.8 Å². The molecule has 19 heterocycles. The predicted molar refractivity (Wildman–Crippen MR) is 506 cm³/mol. The molecule has 12 amide bonds. The fraction of sp³-hybridized carbons (Fsp3) is 0.118. The van der Waals surface area contributed by atoms with E-state index in [0.29, 0.717) is 114 Å². The highest BCUT2D eigenvalue weighted by Gasteiger charge is 2.27. The minimum Gasteiger partial charge on any atom is -0.450 e. The summed E-state index contributed by atoms with van der Waals surface area (Å²) in [5.41, 5.74) is 6.96. The first kappa shape index (κ1) is 92.7. The quantitative estimate of drug-likeness (QED) is 0.0300. The number of amides is 12. The number of hydrogen-bond donors (Lipinski definition) is 11. The molecule has 18 aromatic heterocycles. The van der Waals surface area contributed by atoms with Crippen molar-refractivity contribution in [3.05, 3.63) is 271 Å². The third-order valence-corrected chi connectivity index (χ3v) is 25.5. The van der Waals surface area contributed by atoms with Gasteiger partial charge in [-0.05, 0) is 158 Å². The van der Waals surface area contributed by atoms with Crippen LogP contribution in [0.4, 0.5) is 46.2 Å². The Balaban J connectivity index is 0.000000128. The van der Waals surface area contributed by atoms with Crippen molar-refractivity contribution in [2.24, 2.45) is 0 Å². The standard InChI is InChI=1S/C20H13N7O2S2.C17H11N5O2S2.C17H16N4O3S2.C16H15N5O4S.C15H13N5O4S/c28-17(24-16-9-13(26-27-16)11-1-5-21-6-2-11)12-4-8-30-19(12)25-18(29)20-23-14-10-22-7-3-15(14)31-20;23-14(21-13-3-1-2-6-19-13)10-5-8-25-16(10)22-15(24)17-20-11-9-18-7-4-12(11)26-17;22-14(19-8-10-2-1-6-24-10)11-4-7-25-16(11)21-15(23)17-20-12-9-18-5-3-13(12)26-17;1-9(2)25-16(24)19-14(23)11-4-6-26-15(11)18-13(22)10-3-5-21-8-17-20-12(21)7-10;1-2-24-15(23)18-13(22)10-4-6-25-14(10)17-12(21)9-3-5-20-8-16-19-11(20)7-9/h1-10H,(H,25,29)(H2,24,26,27,28);1-9H,(H,22,24)(H,19,21,23);3-5,7,9-10H,1-2,6,8H2,(H,19,22)(H,21,23);3-9H,1-2H3,(H,18,22)(H,19,23,24);3-8H,2H2,1H3,(H,17,21)(H,18,22,23). The Labute approximate surface area is 786 Å². The van der Waals surface area contributed by atoms with E-state index in [1.807, 2.05) is 18.2 Å². The number of thiophene rings is 5. The van der Waals surface area contributed by atoms with Crippen LogP contribution in [0.15, 0.2) is 217 Å². The molecular weight excluding hydrogens is 1880 g/mol. The summed E-state index contributed by atoms with van der Waals surface area (Å²) in [6.45, 7) is 6.36. The Bertz CT molecular complexity index is 7240. The number of nitrogens with zero attached hydrogens (tertiary/aromatic N) is 15. The molecule has 1 unspecified atom stereocenters. The average molecular weight is 1950 g/mol. The van der Waals surface area contributed by atoms with Crippen LogP contribution >= 0.6 is 90.7 Å². The van der Waals surface area contributed by atoms with Crippen molar-refractivity contribution in [3.8, 4) is 11.3 Å². The normalized spacial score (nSPS) is 11.8. The van der Waals surface area contributed by atoms with Gasteiger partial charge in [0.2, 0.25) is 0 Å². The van der Waals surface area contributed by atoms with Crippen molar-refractivity contribution in [1.82, 2.24) is 95.2 Å². The number of aromatic nitrogens is 16. The Morgan fingerprint density at radius 3 is 1.32 bits per heavy atom. The van der Waals surface area contributed by atoms with Gasteiger partial charge in [0.05, 0.1) is 85.0 Å². The van der Waals surface area contributed by atoms with Gasteiger partial charge in [-0.15, -0.1) is 111 Å². The first-order valence-corrected chi connectivity index (χ1v) is 46.5. The van der Waals surface area contributed by atoms with Gasteiger partial charge >= 0.3 is 12.2 Å². The van der Waals surface area contributed by atoms with Crippen LogP contribution in [-0.4, -0.2) is 182 Å². The van der Waals surface area contributed by atoms with E-state index in [1.165, 1.54) is 115 Å². The van der Waals surface area contributed by atoms with E-state index in [4.69, 9.17) is 9.47 Å². The lowest BCUT2D eigenvalue weighted by Crippen LogP contribution is -2.32. The zero-order valence-electron chi connectivity index (χ0n) is 69.6. The van der Waals surface area contributed by atoms with Crippen LogP contribution in [0.1, 0.15) is 136 Å². The van der Waals surface area contributed by atoms with E-state index in [-0.39, 0.29) is 65.4 Å². The predicted octanol–water partition coefficient (Wildman–Crippen LogP) is 14.9. The molecule has 0 bridgehead atoms. The molecule has 0 aliphatic carbocycles. The highest BCUT2D eigenvalue weighted by Crippen LogP contribution is 2.33. The largest absolute Gasteiger partial charge is 0.450 e. The van der Waals surface area contributed by atoms with Crippen molar-refractivity contribution in [2.75, 3.05) is 57.0 Å². The van der Waals surface area contributed by atoms with Gasteiger partial charge in [-0.2, -0.15) is 5.10 Å². The summed E-state index contributed by atoms with van der Waals surface area (Å²) in [4.78, 5) is 180. The second kappa shape index (κ2) is 44.1. The van der Waals surface area contributed by atoms with Crippen LogP contribution < -0.4 is 53.2 Å². The maximum Gasteiger partial charge on any atom is 0.414 e. The second-order valence-electron chi connectivity index (χ2n) is 27.7. The van der Waals surface area contributed by atoms with Gasteiger partial charge in [0.25, 0.3) is 59.1 Å². The molecule has 1 atom stereocenters. The molecule has 41 nitrogen and oxygen atoms in total. The number of fused-ring (bicyclic) bond motifs is 5. The fourth-order valence-electron chi connectivity index (χ4n) is 12.0. The maximum absolute atomic E-state index is 12.8. The molecule has 0 radical (unpaired) electrons. The average Bonchev–Trinajstić information content (AvgIpc) is 1.68. The summed E-state index contributed by atoms with van der Waals surface area (Å²) in [6, 6.07) is 30.5. The van der Waals surface area contributed by atoms with Crippen LogP contribution in [0.5, 0.6) is 0 Å². The number of carbonyl (C=O) groups excluding carboxylic acids is 12. The molecule has 1 saturated heterocycles. The maximum atomic E-state index is 12.8. The van der Waals surface area contributed by atoms with Crippen LogP contribution in [0, 0.1) is 0 Å². The summed E-state index contributed by atoms with van der Waals surface area (Å²) in [6.07, 6.45) is 21.2. The third-order valence-electron chi connectivity index (χ3n) is 18.2. The number of hydrogen-bond acceptors (Lipinski definition) is 36. The Morgan fingerprint density at radius 2 is 0.896 bits per heavy atom. The highest BCUT2D eigenvalue weighted by molar-refractivity contribution is 7.22. The van der Waals surface area contributed by atoms with Gasteiger partial charge in [0.15, 0.2) is 32.1 Å². The summed E-state index contributed by atoms with van der Waals surface area (Å²) in [5, 5.41) is 60.0. The molecule has 19 rings (SSSR count). The number of nitrogens with one attached hydrogen (secondary N) is 11. The number of aromatic amines is 1. The van der Waals surface area contributed by atoms with Crippen molar-refractivity contribution >= 4 is 241 Å². The van der Waals surface area contributed by atoms with Crippen LogP contribution in [0.2, 0.25) is 0 Å². The van der Waals surface area contributed by atoms with Crippen LogP contribution in [-0.2, 0) is 14.2 Å². The monoisotopic (exact) mass is 1950 g/mol. The number of imide groups is 2. The lowest BCUT2D eigenvalue weighted by molar-refractivity contribution is 0.0855. The Hall–Kier alpha value is -16.0. The molecule has 49 heteroatoms. The molecule has 0 aromatic carbocycles. The van der Waals surface area contributed by atoms with E-state index < -0.39 is 35.8 Å². The summed E-state index contributed by atoms with van der Waals surface area (Å²) in [5.74, 6) is -3.30. The number of ether oxygens (including phenoxy) is 3. The van der Waals surface area contributed by atoms with Gasteiger partial charge in [0, 0.05) is 85.5 Å². The van der Waals surface area contributed by atoms with Gasteiger partial charge in [-0.3, -0.25) is 92.4 Å². The number of alkyl carbamates (subject to hydrolysis) is 2. The van der Waals surface area contributed by atoms with Crippen LogP contribution in [0.3, 0.4) is 0 Å². The molecule has 1 aliphatic heterocycles. The molecule has 11 N–H and O–H groups in total. The van der Waals surface area contributed by atoms with E-state index in [9.17, 15) is 57.5 Å². The zero-order valence-corrected chi connectivity index (χ0v) is 76.1. The lowest BCUT2D eigenvalue weighted by atomic mass is 10.2. The number of H-pyrrole nitrogens is 1. The SMILES string of the molecule is CC(C)OC(=O)NC(=O)c1ccsc1NC(=O)c1ccn2cnnc2c1.CCOC(=O)NC(=O)c1ccsc1NC(=O)c1ccn2cnnc2c1.O=C(Nc1sccc1C(=O)NCC1CCCO1)c1nc2cnccc2s1.O=C(Nc1sccc1C(=O)Nc1cc(-c2ccncc2)[nH]n1)c1nc2cnccc2s1.O=C(Nc1sccc1C(=O)Nc1ccccn1)c1nc2cnccc2s1. The molecule has 0 saturated carbocycles. The summed E-state index contributed by atoms with van der Waals surface area (Å²) < 4.78 is 21.0. The van der Waals surface area contributed by atoms with Crippen molar-refractivity contribution < 1.29 is 71.7 Å². The Kier molecular flexibility index (Phi) is 30.5. The molecule has 1 aliphatic rings. The molecular formula is C85H68N26O15S8. The van der Waals surface area contributed by atoms with E-state index in [1.54, 1.807) is 204 Å². The molecule has 18 aromatic rings. The van der Waals surface area contributed by atoms with Gasteiger partial charge in [0.1, 0.15) is 60.0 Å². The van der Waals surface area contributed by atoms with Gasteiger partial charge in [-0.1, -0.05) is 6.07 Å². The van der Waals surface area contributed by atoms with Crippen molar-refractivity contribution in [3.63, 3.8) is 0 Å². The molecule has 134 heavy (non-hydrogen) atoms. The topological polar surface area (TPSA) is 545 Å². The van der Waals surface area contributed by atoms with E-state index >= 15 is 0 Å². The van der Waals surface area contributed by atoms with Crippen LogP contribution in [0.25, 0.3) is 53.2 Å². The first-order valence-electron chi connectivity index (χ1n) is 39.6. The van der Waals surface area contributed by atoms with Gasteiger partial charge < -0.3 is 56.7 Å². The number of thiazole rings is 3. The third kappa shape index (κ3) is 24.0. The second-order valence-corrected chi connectivity index (χ2v) is 35.3. The zero-order chi connectivity index (χ0) is 93.6. The molecule has 0 spiro atoms. The first-order chi connectivity index (χ1) is 65.1. The van der Waals surface area contributed by atoms with Gasteiger partial charge in [-0.25, -0.2) is 29.5 Å². The summed E-state index contributed by atoms with van der Waals surface area (Å²) in [7, 11) is 0. The minimum absolute atomic E-state index is 0.0759. The smallest absolute Gasteiger partial charge is 0.414 e. The summed E-state index contributed by atoms with van der Waals surface area (Å²) >= 11 is 10.0. The van der Waals surface area contributed by atoms with E-state index in [2.05, 4.69) is 128 Å². The Morgan fingerprint density at radius 1 is 0.463 bits per heavy atom. The number of rotatable bonds is 22. The number of pyridine rings is 7. The molecule has 1 fully saturated rings.